The summed E-state index contributed by atoms with van der Waals surface area (Å²) in [7, 11) is 0. The Morgan fingerprint density at radius 3 is 2.95 bits per heavy atom. The van der Waals surface area contributed by atoms with E-state index in [-0.39, 0.29) is 5.02 Å². The third-order valence-corrected chi connectivity index (χ3v) is 4.37. The molecule has 2 rings (SSSR count). The summed E-state index contributed by atoms with van der Waals surface area (Å²) < 4.78 is 14.0. The SMILES string of the molecule is CCCC1(C(=O)O)CCCN1Cc1cccc(Cl)c1F. The largest absolute Gasteiger partial charge is 0.480 e. The van der Waals surface area contributed by atoms with E-state index < -0.39 is 17.3 Å². The number of aliphatic carboxylic acids is 1. The van der Waals surface area contributed by atoms with Crippen LogP contribution in [0, 0.1) is 5.82 Å². The predicted octanol–water partition coefficient (Wildman–Crippen LogP) is 3.70. The van der Waals surface area contributed by atoms with E-state index in [1.165, 1.54) is 6.07 Å². The van der Waals surface area contributed by atoms with Gasteiger partial charge in [0.25, 0.3) is 0 Å². The molecule has 0 spiro atoms. The Bertz CT molecular complexity index is 509. The molecule has 0 amide bonds. The highest BCUT2D eigenvalue weighted by molar-refractivity contribution is 6.30. The van der Waals surface area contributed by atoms with Gasteiger partial charge in [-0.2, -0.15) is 0 Å². The molecule has 1 aliphatic heterocycles. The zero-order chi connectivity index (χ0) is 14.8. The van der Waals surface area contributed by atoms with Crippen molar-refractivity contribution in [1.29, 1.82) is 0 Å². The number of nitrogens with zero attached hydrogens (tertiary/aromatic N) is 1. The van der Waals surface area contributed by atoms with E-state index in [1.54, 1.807) is 12.1 Å². The molecule has 3 nitrogen and oxygen atoms in total. The molecule has 1 aromatic rings. The van der Waals surface area contributed by atoms with Crippen LogP contribution in [0.4, 0.5) is 4.39 Å². The number of halogens is 2. The lowest BCUT2D eigenvalue weighted by atomic mass is 9.90. The van der Waals surface area contributed by atoms with Gasteiger partial charge >= 0.3 is 5.97 Å². The second kappa shape index (κ2) is 6.10. The van der Waals surface area contributed by atoms with Gasteiger partial charge in [-0.15, -0.1) is 0 Å². The minimum absolute atomic E-state index is 0.0816. The van der Waals surface area contributed by atoms with Gasteiger partial charge in [0.05, 0.1) is 5.02 Å². The van der Waals surface area contributed by atoms with Crippen molar-refractivity contribution in [2.45, 2.75) is 44.7 Å². The van der Waals surface area contributed by atoms with E-state index in [0.717, 1.165) is 12.8 Å². The molecule has 0 aromatic heterocycles. The molecule has 1 atom stereocenters. The Kier molecular flexibility index (Phi) is 4.66. The van der Waals surface area contributed by atoms with Crippen molar-refractivity contribution in [1.82, 2.24) is 4.90 Å². The predicted molar refractivity (Wildman–Crippen MR) is 76.3 cm³/mol. The van der Waals surface area contributed by atoms with E-state index in [0.29, 0.717) is 31.5 Å². The fourth-order valence-corrected chi connectivity index (χ4v) is 3.28. The summed E-state index contributed by atoms with van der Waals surface area (Å²) in [5.74, 6) is -1.25. The molecule has 1 aromatic carbocycles. The molecule has 0 bridgehead atoms. The second-order valence-corrected chi connectivity index (χ2v) is 5.73. The number of rotatable bonds is 5. The third-order valence-electron chi connectivity index (χ3n) is 4.08. The van der Waals surface area contributed by atoms with Gasteiger partial charge in [-0.1, -0.05) is 37.1 Å². The van der Waals surface area contributed by atoms with Gasteiger partial charge in [0, 0.05) is 12.1 Å². The zero-order valence-electron chi connectivity index (χ0n) is 11.5. The lowest BCUT2D eigenvalue weighted by molar-refractivity contribution is -0.150. The number of carbonyl (C=O) groups is 1. The molecule has 5 heteroatoms. The van der Waals surface area contributed by atoms with E-state index in [9.17, 15) is 14.3 Å². The summed E-state index contributed by atoms with van der Waals surface area (Å²) >= 11 is 5.78. The first-order valence-corrected chi connectivity index (χ1v) is 7.30. The van der Waals surface area contributed by atoms with Gasteiger partial charge in [0.2, 0.25) is 0 Å². The molecule has 1 fully saturated rings. The van der Waals surface area contributed by atoms with Crippen molar-refractivity contribution in [3.63, 3.8) is 0 Å². The molecule has 0 saturated carbocycles. The summed E-state index contributed by atoms with van der Waals surface area (Å²) in [5, 5.41) is 9.69. The van der Waals surface area contributed by atoms with E-state index in [2.05, 4.69) is 0 Å². The molecule has 0 aliphatic carbocycles. The normalized spacial score (nSPS) is 23.1. The molecule has 20 heavy (non-hydrogen) atoms. The van der Waals surface area contributed by atoms with Gasteiger partial charge in [-0.3, -0.25) is 9.69 Å². The van der Waals surface area contributed by atoms with Gasteiger partial charge in [-0.25, -0.2) is 4.39 Å². The van der Waals surface area contributed by atoms with Crippen LogP contribution in [-0.4, -0.2) is 28.1 Å². The highest BCUT2D eigenvalue weighted by Gasteiger charge is 2.46. The maximum atomic E-state index is 14.0. The first kappa shape index (κ1) is 15.3. The van der Waals surface area contributed by atoms with Crippen LogP contribution < -0.4 is 0 Å². The molecule has 1 N–H and O–H groups in total. The van der Waals surface area contributed by atoms with Crippen LogP contribution in [0.2, 0.25) is 5.02 Å². The lowest BCUT2D eigenvalue weighted by Gasteiger charge is -2.34. The average Bonchev–Trinajstić information content (AvgIpc) is 2.80. The number of benzene rings is 1. The summed E-state index contributed by atoms with van der Waals surface area (Å²) in [4.78, 5) is 13.6. The topological polar surface area (TPSA) is 40.5 Å². The fraction of sp³-hybridized carbons (Fsp3) is 0.533. The van der Waals surface area contributed by atoms with Crippen LogP contribution in [-0.2, 0) is 11.3 Å². The highest BCUT2D eigenvalue weighted by atomic mass is 35.5. The molecule has 1 unspecified atom stereocenters. The van der Waals surface area contributed by atoms with Crippen molar-refractivity contribution in [2.24, 2.45) is 0 Å². The summed E-state index contributed by atoms with van der Waals surface area (Å²) in [6.45, 7) is 2.94. The number of hydrogen-bond donors (Lipinski definition) is 1. The Morgan fingerprint density at radius 1 is 1.55 bits per heavy atom. The van der Waals surface area contributed by atoms with Gasteiger partial charge in [0.1, 0.15) is 11.4 Å². The number of hydrogen-bond acceptors (Lipinski definition) is 2. The van der Waals surface area contributed by atoms with Crippen molar-refractivity contribution >= 4 is 17.6 Å². The summed E-state index contributed by atoms with van der Waals surface area (Å²) in [6.07, 6.45) is 2.83. The van der Waals surface area contributed by atoms with Crippen LogP contribution in [0.1, 0.15) is 38.2 Å². The minimum atomic E-state index is -0.858. The van der Waals surface area contributed by atoms with Crippen molar-refractivity contribution in [3.05, 3.63) is 34.6 Å². The Hall–Kier alpha value is -1.13. The first-order valence-electron chi connectivity index (χ1n) is 6.92. The molecular formula is C15H19ClFNO2. The van der Waals surface area contributed by atoms with Crippen LogP contribution >= 0.6 is 11.6 Å². The average molecular weight is 300 g/mol. The van der Waals surface area contributed by atoms with Gasteiger partial charge in [-0.05, 0) is 31.9 Å². The molecule has 110 valence electrons. The summed E-state index contributed by atoms with van der Waals surface area (Å²) in [5.41, 5.74) is -0.398. The van der Waals surface area contributed by atoms with Crippen molar-refractivity contribution in [3.8, 4) is 0 Å². The van der Waals surface area contributed by atoms with Crippen molar-refractivity contribution in [2.75, 3.05) is 6.54 Å². The van der Waals surface area contributed by atoms with Crippen LogP contribution in [0.15, 0.2) is 18.2 Å². The van der Waals surface area contributed by atoms with Crippen LogP contribution in [0.5, 0.6) is 0 Å². The van der Waals surface area contributed by atoms with Crippen molar-refractivity contribution < 1.29 is 14.3 Å². The van der Waals surface area contributed by atoms with E-state index in [1.807, 2.05) is 11.8 Å². The smallest absolute Gasteiger partial charge is 0.324 e. The quantitative estimate of drug-likeness (QED) is 0.901. The Morgan fingerprint density at radius 2 is 2.30 bits per heavy atom. The maximum Gasteiger partial charge on any atom is 0.324 e. The van der Waals surface area contributed by atoms with E-state index in [4.69, 9.17) is 11.6 Å². The monoisotopic (exact) mass is 299 g/mol. The first-order chi connectivity index (χ1) is 9.51. The molecule has 0 radical (unpaired) electrons. The molecule has 1 aliphatic rings. The second-order valence-electron chi connectivity index (χ2n) is 5.32. The molecule has 1 saturated heterocycles. The fourth-order valence-electron chi connectivity index (χ4n) is 3.09. The Labute approximate surface area is 123 Å². The van der Waals surface area contributed by atoms with Crippen LogP contribution in [0.25, 0.3) is 0 Å². The van der Waals surface area contributed by atoms with Gasteiger partial charge in [0.15, 0.2) is 0 Å². The molecular weight excluding hydrogens is 281 g/mol. The van der Waals surface area contributed by atoms with Gasteiger partial charge < -0.3 is 5.11 Å². The number of carboxylic acids is 1. The Balaban J connectivity index is 2.27. The lowest BCUT2D eigenvalue weighted by Crippen LogP contribution is -2.50. The minimum Gasteiger partial charge on any atom is -0.480 e. The number of likely N-dealkylation sites (tertiary alicyclic amines) is 1. The molecule has 1 heterocycles. The maximum absolute atomic E-state index is 14.0. The zero-order valence-corrected chi connectivity index (χ0v) is 12.3. The van der Waals surface area contributed by atoms with E-state index >= 15 is 0 Å². The summed E-state index contributed by atoms with van der Waals surface area (Å²) in [6, 6.07) is 4.86. The highest BCUT2D eigenvalue weighted by Crippen LogP contribution is 2.35. The standard InChI is InChI=1S/C15H19ClFNO2/c1-2-7-15(14(19)20)8-4-9-18(15)10-11-5-3-6-12(16)13(11)17/h3,5-6H,2,4,7-10H2,1H3,(H,19,20). The van der Waals surface area contributed by atoms with Crippen LogP contribution in [0.3, 0.4) is 0 Å². The number of carboxylic acid groups (broad SMARTS) is 1. The third kappa shape index (κ3) is 2.67.